The molecule has 0 heterocycles. The summed E-state index contributed by atoms with van der Waals surface area (Å²) in [5, 5.41) is 9.64. The van der Waals surface area contributed by atoms with E-state index in [1.54, 1.807) is 6.07 Å². The van der Waals surface area contributed by atoms with E-state index in [4.69, 9.17) is 0 Å². The lowest BCUT2D eigenvalue weighted by molar-refractivity contribution is -0.274. The van der Waals surface area contributed by atoms with E-state index in [1.807, 2.05) is 0 Å². The third-order valence-electron chi connectivity index (χ3n) is 2.49. The topological polar surface area (TPSA) is 29.5 Å². The largest absolute Gasteiger partial charge is 0.573 e. The Balaban J connectivity index is 2.07. The maximum Gasteiger partial charge on any atom is 0.573 e. The summed E-state index contributed by atoms with van der Waals surface area (Å²) in [4.78, 5) is 0. The number of halogens is 3. The van der Waals surface area contributed by atoms with Crippen molar-refractivity contribution in [2.75, 3.05) is 0 Å². The van der Waals surface area contributed by atoms with Crippen LogP contribution in [0.5, 0.6) is 5.75 Å². The van der Waals surface area contributed by atoms with Gasteiger partial charge in [-0.25, -0.2) is 0 Å². The number of rotatable bonds is 3. The zero-order chi connectivity index (χ0) is 11.8. The Kier molecular flexibility index (Phi) is 2.58. The van der Waals surface area contributed by atoms with E-state index >= 15 is 0 Å². The van der Waals surface area contributed by atoms with Gasteiger partial charge in [-0.3, -0.25) is 0 Å². The van der Waals surface area contributed by atoms with Gasteiger partial charge in [-0.05, 0) is 30.5 Å². The second kappa shape index (κ2) is 3.66. The van der Waals surface area contributed by atoms with Gasteiger partial charge in [-0.15, -0.1) is 13.2 Å². The minimum Gasteiger partial charge on any atom is -0.406 e. The summed E-state index contributed by atoms with van der Waals surface area (Å²) in [7, 11) is 0. The van der Waals surface area contributed by atoms with Crippen molar-refractivity contribution >= 4 is 0 Å². The molecule has 1 fully saturated rings. The second-order valence-electron chi connectivity index (χ2n) is 4.10. The number of alkyl halides is 3. The Labute approximate surface area is 90.7 Å². The van der Waals surface area contributed by atoms with Gasteiger partial charge in [0, 0.05) is 6.42 Å². The van der Waals surface area contributed by atoms with Gasteiger partial charge in [-0.1, -0.05) is 12.1 Å². The summed E-state index contributed by atoms with van der Waals surface area (Å²) in [5.41, 5.74) is -0.0571. The Morgan fingerprint density at radius 1 is 1.31 bits per heavy atom. The molecule has 1 aliphatic carbocycles. The van der Waals surface area contributed by atoms with Crippen LogP contribution in [0.15, 0.2) is 24.3 Å². The van der Waals surface area contributed by atoms with Crippen molar-refractivity contribution in [2.45, 2.75) is 31.2 Å². The van der Waals surface area contributed by atoms with E-state index in [-0.39, 0.29) is 5.75 Å². The number of benzene rings is 1. The van der Waals surface area contributed by atoms with Crippen molar-refractivity contribution in [3.8, 4) is 5.75 Å². The monoisotopic (exact) mass is 232 g/mol. The molecule has 0 aliphatic heterocycles. The van der Waals surface area contributed by atoms with Crippen molar-refractivity contribution in [1.29, 1.82) is 0 Å². The lowest BCUT2D eigenvalue weighted by atomic mass is 10.1. The maximum absolute atomic E-state index is 12.0. The van der Waals surface area contributed by atoms with Crippen molar-refractivity contribution in [3.05, 3.63) is 29.8 Å². The van der Waals surface area contributed by atoms with Gasteiger partial charge >= 0.3 is 6.36 Å². The Morgan fingerprint density at radius 3 is 2.56 bits per heavy atom. The Bertz CT molecular complexity index is 361. The molecular formula is C11H11F3O2. The van der Waals surface area contributed by atoms with Gasteiger partial charge in [0.05, 0.1) is 5.60 Å². The van der Waals surface area contributed by atoms with Crippen LogP contribution in [0.4, 0.5) is 13.2 Å². The molecule has 1 aromatic rings. The number of aliphatic hydroxyl groups is 1. The van der Waals surface area contributed by atoms with Gasteiger partial charge in [0.15, 0.2) is 0 Å². The van der Waals surface area contributed by atoms with Gasteiger partial charge in [0.2, 0.25) is 0 Å². The van der Waals surface area contributed by atoms with Crippen LogP contribution in [0.25, 0.3) is 0 Å². The molecule has 88 valence electrons. The van der Waals surface area contributed by atoms with Crippen molar-refractivity contribution in [1.82, 2.24) is 0 Å². The van der Waals surface area contributed by atoms with Crippen LogP contribution in [-0.4, -0.2) is 17.1 Å². The quantitative estimate of drug-likeness (QED) is 0.868. The Hall–Kier alpha value is -1.23. The van der Waals surface area contributed by atoms with E-state index < -0.39 is 12.0 Å². The van der Waals surface area contributed by atoms with E-state index in [9.17, 15) is 18.3 Å². The highest BCUT2D eigenvalue weighted by Gasteiger charge is 2.40. The molecule has 0 spiro atoms. The highest BCUT2D eigenvalue weighted by atomic mass is 19.4. The third kappa shape index (κ3) is 3.13. The minimum absolute atomic E-state index is 0.241. The molecule has 0 radical (unpaired) electrons. The molecule has 1 saturated carbocycles. The summed E-state index contributed by atoms with van der Waals surface area (Å²) in [5.74, 6) is -0.241. The fourth-order valence-electron chi connectivity index (χ4n) is 1.55. The zero-order valence-corrected chi connectivity index (χ0v) is 8.42. The lowest BCUT2D eigenvalue weighted by Crippen LogP contribution is -2.17. The van der Waals surface area contributed by atoms with Gasteiger partial charge in [0.1, 0.15) is 5.75 Å². The molecule has 1 N–H and O–H groups in total. The van der Waals surface area contributed by atoms with Crippen molar-refractivity contribution in [2.24, 2.45) is 0 Å². The molecule has 0 saturated heterocycles. The summed E-state index contributed by atoms with van der Waals surface area (Å²) in [6.07, 6.45) is -2.88. The zero-order valence-electron chi connectivity index (χ0n) is 8.42. The minimum atomic E-state index is -4.67. The average molecular weight is 232 g/mol. The molecule has 1 aliphatic rings. The molecular weight excluding hydrogens is 221 g/mol. The lowest BCUT2D eigenvalue weighted by Gasteiger charge is -2.11. The van der Waals surface area contributed by atoms with Crippen LogP contribution in [0.3, 0.4) is 0 Å². The van der Waals surface area contributed by atoms with Crippen LogP contribution >= 0.6 is 0 Å². The van der Waals surface area contributed by atoms with E-state index in [1.165, 1.54) is 18.2 Å². The second-order valence-corrected chi connectivity index (χ2v) is 4.10. The first kappa shape index (κ1) is 11.3. The van der Waals surface area contributed by atoms with Gasteiger partial charge in [0.25, 0.3) is 0 Å². The highest BCUT2D eigenvalue weighted by Crippen LogP contribution is 2.38. The normalized spacial score (nSPS) is 18.2. The van der Waals surface area contributed by atoms with E-state index in [0.29, 0.717) is 24.8 Å². The Morgan fingerprint density at radius 2 is 2.00 bits per heavy atom. The van der Waals surface area contributed by atoms with Gasteiger partial charge < -0.3 is 9.84 Å². The first-order valence-electron chi connectivity index (χ1n) is 4.93. The fraction of sp³-hybridized carbons (Fsp3) is 0.455. The molecule has 2 rings (SSSR count). The van der Waals surface area contributed by atoms with Crippen LogP contribution in [-0.2, 0) is 6.42 Å². The fourth-order valence-corrected chi connectivity index (χ4v) is 1.55. The van der Waals surface area contributed by atoms with Crippen LogP contribution < -0.4 is 4.74 Å². The van der Waals surface area contributed by atoms with Crippen molar-refractivity contribution in [3.63, 3.8) is 0 Å². The molecule has 0 amide bonds. The molecule has 0 aromatic heterocycles. The summed E-state index contributed by atoms with van der Waals surface area (Å²) < 4.78 is 39.7. The summed E-state index contributed by atoms with van der Waals surface area (Å²) >= 11 is 0. The predicted molar refractivity (Wildman–Crippen MR) is 51.0 cm³/mol. The SMILES string of the molecule is OC1(Cc2cccc(OC(F)(F)F)c2)CC1. The van der Waals surface area contributed by atoms with E-state index in [0.717, 1.165) is 0 Å². The summed E-state index contributed by atoms with van der Waals surface area (Å²) in [6, 6.07) is 5.72. The van der Waals surface area contributed by atoms with Crippen LogP contribution in [0, 0.1) is 0 Å². The standard InChI is InChI=1S/C11H11F3O2/c12-11(13,14)16-9-3-1-2-8(6-9)7-10(15)4-5-10/h1-3,6,15H,4-5,7H2. The number of hydrogen-bond donors (Lipinski definition) is 1. The summed E-state index contributed by atoms with van der Waals surface area (Å²) in [6.45, 7) is 0. The maximum atomic E-state index is 12.0. The molecule has 0 atom stereocenters. The van der Waals surface area contributed by atoms with Crippen LogP contribution in [0.2, 0.25) is 0 Å². The predicted octanol–water partition coefficient (Wildman–Crippen LogP) is 2.65. The number of ether oxygens (including phenoxy) is 1. The molecule has 0 bridgehead atoms. The number of hydrogen-bond acceptors (Lipinski definition) is 2. The molecule has 2 nitrogen and oxygen atoms in total. The molecule has 16 heavy (non-hydrogen) atoms. The van der Waals surface area contributed by atoms with E-state index in [2.05, 4.69) is 4.74 Å². The first-order chi connectivity index (χ1) is 7.36. The smallest absolute Gasteiger partial charge is 0.406 e. The molecule has 0 unspecified atom stereocenters. The third-order valence-corrected chi connectivity index (χ3v) is 2.49. The van der Waals surface area contributed by atoms with Crippen LogP contribution in [0.1, 0.15) is 18.4 Å². The van der Waals surface area contributed by atoms with Gasteiger partial charge in [-0.2, -0.15) is 0 Å². The average Bonchev–Trinajstić information content (AvgIpc) is 2.80. The molecule has 5 heteroatoms. The van der Waals surface area contributed by atoms with Crippen molar-refractivity contribution < 1.29 is 23.0 Å². The first-order valence-corrected chi connectivity index (χ1v) is 4.93. The highest BCUT2D eigenvalue weighted by molar-refractivity contribution is 5.30. The molecule has 1 aromatic carbocycles.